The molecule has 4 heteroatoms. The molecule has 19 heavy (non-hydrogen) atoms. The predicted molar refractivity (Wildman–Crippen MR) is 77.0 cm³/mol. The van der Waals surface area contributed by atoms with Crippen LogP contribution in [0.2, 0.25) is 0 Å². The van der Waals surface area contributed by atoms with Crippen molar-refractivity contribution < 1.29 is 4.79 Å². The number of hydrogen-bond acceptors (Lipinski definition) is 3. The van der Waals surface area contributed by atoms with E-state index in [1.54, 1.807) is 6.20 Å². The first kappa shape index (κ1) is 14.0. The molecule has 1 fully saturated rings. The highest BCUT2D eigenvalue weighted by molar-refractivity contribution is 5.89. The first-order valence-electron chi connectivity index (χ1n) is 7.08. The quantitative estimate of drug-likeness (QED) is 0.874. The molecule has 2 N–H and O–H groups in total. The average molecular weight is 261 g/mol. The van der Waals surface area contributed by atoms with E-state index in [2.05, 4.69) is 22.5 Å². The van der Waals surface area contributed by atoms with Gasteiger partial charge in [0.2, 0.25) is 5.91 Å². The molecule has 2 unspecified atom stereocenters. The van der Waals surface area contributed by atoms with Crippen molar-refractivity contribution >= 4 is 11.7 Å². The Bertz CT molecular complexity index is 410. The van der Waals surface area contributed by atoms with Crippen LogP contribution in [0.3, 0.4) is 0 Å². The molecule has 1 aromatic heterocycles. The molecule has 0 aromatic carbocycles. The van der Waals surface area contributed by atoms with Crippen molar-refractivity contribution in [2.24, 2.45) is 11.8 Å². The molecule has 2 rings (SSSR count). The van der Waals surface area contributed by atoms with Gasteiger partial charge in [-0.2, -0.15) is 0 Å². The fraction of sp³-hybridized carbons (Fsp3) is 0.600. The van der Waals surface area contributed by atoms with E-state index in [0.29, 0.717) is 24.1 Å². The molecular weight excluding hydrogens is 238 g/mol. The largest absolute Gasteiger partial charge is 0.316 e. The summed E-state index contributed by atoms with van der Waals surface area (Å²) < 4.78 is 0. The molecular formula is C15H23N3O. The van der Waals surface area contributed by atoms with Gasteiger partial charge in [0, 0.05) is 12.6 Å². The van der Waals surface area contributed by atoms with Crippen LogP contribution in [0.25, 0.3) is 0 Å². The number of carbonyl (C=O) groups is 1. The molecule has 2 atom stereocenters. The van der Waals surface area contributed by atoms with Crippen LogP contribution in [0.1, 0.15) is 31.7 Å². The number of pyridine rings is 1. The van der Waals surface area contributed by atoms with Crippen molar-refractivity contribution in [3.63, 3.8) is 0 Å². The molecule has 1 saturated heterocycles. The van der Waals surface area contributed by atoms with Crippen molar-refractivity contribution in [2.75, 3.05) is 18.4 Å². The fourth-order valence-corrected chi connectivity index (χ4v) is 2.56. The highest BCUT2D eigenvalue weighted by Gasteiger charge is 2.22. The van der Waals surface area contributed by atoms with Crippen LogP contribution in [-0.2, 0) is 4.79 Å². The number of hydrogen-bond donors (Lipinski definition) is 2. The van der Waals surface area contributed by atoms with Gasteiger partial charge in [0.05, 0.1) is 0 Å². The van der Waals surface area contributed by atoms with Gasteiger partial charge in [-0.05, 0) is 56.3 Å². The predicted octanol–water partition coefficient (Wildman–Crippen LogP) is 2.35. The molecule has 0 spiro atoms. The van der Waals surface area contributed by atoms with Crippen molar-refractivity contribution in [3.8, 4) is 0 Å². The normalized spacial score (nSPS) is 20.8. The van der Waals surface area contributed by atoms with E-state index in [0.717, 1.165) is 18.7 Å². The van der Waals surface area contributed by atoms with Gasteiger partial charge in [0.25, 0.3) is 0 Å². The molecule has 0 saturated carbocycles. The maximum absolute atomic E-state index is 12.0. The number of rotatable bonds is 4. The number of nitrogens with one attached hydrogen (secondary N) is 2. The van der Waals surface area contributed by atoms with E-state index >= 15 is 0 Å². The Morgan fingerprint density at radius 1 is 1.58 bits per heavy atom. The Balaban J connectivity index is 1.81. The van der Waals surface area contributed by atoms with Crippen LogP contribution in [0, 0.1) is 18.8 Å². The summed E-state index contributed by atoms with van der Waals surface area (Å²) in [5.74, 6) is 1.74. The highest BCUT2D eigenvalue weighted by atomic mass is 16.1. The first-order chi connectivity index (χ1) is 9.15. The van der Waals surface area contributed by atoms with E-state index in [-0.39, 0.29) is 5.91 Å². The van der Waals surface area contributed by atoms with Gasteiger partial charge in [-0.1, -0.05) is 13.0 Å². The number of carbonyl (C=O) groups excluding carboxylic acids is 1. The average Bonchev–Trinajstić information content (AvgIpc) is 2.42. The summed E-state index contributed by atoms with van der Waals surface area (Å²) in [5, 5.41) is 6.27. The zero-order valence-corrected chi connectivity index (χ0v) is 11.8. The van der Waals surface area contributed by atoms with Crippen molar-refractivity contribution in [3.05, 3.63) is 23.9 Å². The van der Waals surface area contributed by atoms with Crippen LogP contribution < -0.4 is 10.6 Å². The van der Waals surface area contributed by atoms with Crippen LogP contribution in [0.4, 0.5) is 5.82 Å². The summed E-state index contributed by atoms with van der Waals surface area (Å²) in [6.07, 6.45) is 4.78. The summed E-state index contributed by atoms with van der Waals surface area (Å²) in [6, 6.07) is 3.80. The van der Waals surface area contributed by atoms with Crippen LogP contribution in [0.15, 0.2) is 18.3 Å². The molecule has 1 amide bonds. The zero-order valence-electron chi connectivity index (χ0n) is 11.8. The van der Waals surface area contributed by atoms with Crippen LogP contribution in [0.5, 0.6) is 0 Å². The smallest absolute Gasteiger partial charge is 0.225 e. The maximum atomic E-state index is 12.0. The third kappa shape index (κ3) is 4.31. The zero-order chi connectivity index (χ0) is 13.7. The number of aryl methyl sites for hydroxylation is 1. The molecule has 0 radical (unpaired) electrons. The third-order valence-corrected chi connectivity index (χ3v) is 3.83. The summed E-state index contributed by atoms with van der Waals surface area (Å²) in [4.78, 5) is 16.2. The van der Waals surface area contributed by atoms with Gasteiger partial charge in [-0.25, -0.2) is 4.98 Å². The Labute approximate surface area is 115 Å². The number of amides is 1. The number of piperidine rings is 1. The minimum absolute atomic E-state index is 0.0643. The van der Waals surface area contributed by atoms with Gasteiger partial charge in [0.1, 0.15) is 5.82 Å². The lowest BCUT2D eigenvalue weighted by atomic mass is 9.85. The van der Waals surface area contributed by atoms with Gasteiger partial charge >= 0.3 is 0 Å². The molecule has 0 aliphatic carbocycles. The Kier molecular flexibility index (Phi) is 4.91. The molecule has 0 bridgehead atoms. The van der Waals surface area contributed by atoms with Gasteiger partial charge < -0.3 is 10.6 Å². The summed E-state index contributed by atoms with van der Waals surface area (Å²) in [6.45, 7) is 6.30. The van der Waals surface area contributed by atoms with Gasteiger partial charge in [-0.15, -0.1) is 0 Å². The fourth-order valence-electron chi connectivity index (χ4n) is 2.56. The second-order valence-electron chi connectivity index (χ2n) is 5.56. The lowest BCUT2D eigenvalue weighted by Gasteiger charge is -2.27. The molecule has 2 heterocycles. The van der Waals surface area contributed by atoms with E-state index in [1.807, 2.05) is 19.1 Å². The third-order valence-electron chi connectivity index (χ3n) is 3.83. The molecule has 1 aliphatic heterocycles. The summed E-state index contributed by atoms with van der Waals surface area (Å²) in [7, 11) is 0. The lowest BCUT2D eigenvalue weighted by molar-refractivity contribution is -0.117. The Morgan fingerprint density at radius 2 is 2.42 bits per heavy atom. The van der Waals surface area contributed by atoms with Crippen LogP contribution in [-0.4, -0.2) is 24.0 Å². The van der Waals surface area contributed by atoms with Crippen molar-refractivity contribution in [1.29, 1.82) is 0 Å². The van der Waals surface area contributed by atoms with Gasteiger partial charge in [0.15, 0.2) is 0 Å². The topological polar surface area (TPSA) is 54.0 Å². The van der Waals surface area contributed by atoms with Crippen molar-refractivity contribution in [1.82, 2.24) is 10.3 Å². The van der Waals surface area contributed by atoms with E-state index in [9.17, 15) is 4.79 Å². The first-order valence-corrected chi connectivity index (χ1v) is 7.08. The maximum Gasteiger partial charge on any atom is 0.225 e. The van der Waals surface area contributed by atoms with Crippen LogP contribution >= 0.6 is 0 Å². The number of anilines is 1. The highest BCUT2D eigenvalue weighted by Crippen LogP contribution is 2.22. The van der Waals surface area contributed by atoms with E-state index < -0.39 is 0 Å². The second kappa shape index (κ2) is 6.66. The van der Waals surface area contributed by atoms with E-state index in [4.69, 9.17) is 0 Å². The summed E-state index contributed by atoms with van der Waals surface area (Å²) >= 11 is 0. The molecule has 1 aliphatic rings. The van der Waals surface area contributed by atoms with Gasteiger partial charge in [-0.3, -0.25) is 4.79 Å². The number of nitrogens with zero attached hydrogens (tertiary/aromatic N) is 1. The molecule has 4 nitrogen and oxygen atoms in total. The number of aromatic nitrogens is 1. The molecule has 104 valence electrons. The standard InChI is InChI=1S/C15H23N3O/c1-11-5-6-14(17-9-11)18-15(19)8-12(2)13-4-3-7-16-10-13/h5-6,9,12-13,16H,3-4,7-8,10H2,1-2H3,(H,17,18,19). The SMILES string of the molecule is Cc1ccc(NC(=O)CC(C)C2CCCNC2)nc1. The lowest BCUT2D eigenvalue weighted by Crippen LogP contribution is -2.34. The minimum Gasteiger partial charge on any atom is -0.316 e. The van der Waals surface area contributed by atoms with E-state index in [1.165, 1.54) is 12.8 Å². The Morgan fingerprint density at radius 3 is 3.05 bits per heavy atom. The Hall–Kier alpha value is -1.42. The summed E-state index contributed by atoms with van der Waals surface area (Å²) in [5.41, 5.74) is 1.10. The monoisotopic (exact) mass is 261 g/mol. The minimum atomic E-state index is 0.0643. The second-order valence-corrected chi connectivity index (χ2v) is 5.56. The van der Waals surface area contributed by atoms with Crippen molar-refractivity contribution in [2.45, 2.75) is 33.1 Å². The molecule has 1 aromatic rings.